The van der Waals surface area contributed by atoms with Gasteiger partial charge in [0, 0.05) is 18.5 Å². The number of amides is 1. The molecule has 0 aliphatic carbocycles. The summed E-state index contributed by atoms with van der Waals surface area (Å²) in [4.78, 5) is 16.5. The molecule has 0 spiro atoms. The predicted molar refractivity (Wildman–Crippen MR) is 86.5 cm³/mol. The maximum absolute atomic E-state index is 12.5. The molecule has 1 aliphatic heterocycles. The fourth-order valence-electron chi connectivity index (χ4n) is 2.71. The predicted octanol–water partition coefficient (Wildman–Crippen LogP) is 2.52. The van der Waals surface area contributed by atoms with Crippen molar-refractivity contribution in [3.05, 3.63) is 53.9 Å². The van der Waals surface area contributed by atoms with Crippen molar-refractivity contribution < 1.29 is 14.3 Å². The fourth-order valence-corrected chi connectivity index (χ4v) is 2.71. The van der Waals surface area contributed by atoms with E-state index in [0.717, 1.165) is 22.6 Å². The van der Waals surface area contributed by atoms with E-state index in [1.807, 2.05) is 37.3 Å². The summed E-state index contributed by atoms with van der Waals surface area (Å²) in [6.45, 7) is 2.35. The molecule has 0 fully saturated rings. The van der Waals surface area contributed by atoms with E-state index in [-0.39, 0.29) is 17.9 Å². The van der Waals surface area contributed by atoms with Crippen molar-refractivity contribution in [3.8, 4) is 11.5 Å². The van der Waals surface area contributed by atoms with Crippen molar-refractivity contribution in [2.24, 2.45) is 5.92 Å². The van der Waals surface area contributed by atoms with Gasteiger partial charge in [0.2, 0.25) is 5.91 Å². The summed E-state index contributed by atoms with van der Waals surface area (Å²) in [5.41, 5.74) is 2.07. The molecule has 0 bridgehead atoms. The number of ether oxygens (including phenoxy) is 2. The largest absolute Gasteiger partial charge is 0.497 e. The normalized spacial score (nSPS) is 17.6. The molecular weight excluding hydrogens is 292 g/mol. The number of nitrogens with zero attached hydrogens (tertiary/aromatic N) is 1. The Kier molecular flexibility index (Phi) is 4.46. The van der Waals surface area contributed by atoms with Crippen LogP contribution < -0.4 is 14.8 Å². The minimum absolute atomic E-state index is 0.00998. The van der Waals surface area contributed by atoms with Gasteiger partial charge < -0.3 is 14.8 Å². The molecule has 5 heteroatoms. The smallest absolute Gasteiger partial charge is 0.227 e. The van der Waals surface area contributed by atoms with Crippen LogP contribution in [0.5, 0.6) is 11.5 Å². The molecule has 0 radical (unpaired) electrons. The molecule has 3 rings (SSSR count). The van der Waals surface area contributed by atoms with E-state index in [9.17, 15) is 4.79 Å². The molecule has 2 atom stereocenters. The van der Waals surface area contributed by atoms with Crippen LogP contribution in [-0.2, 0) is 11.2 Å². The van der Waals surface area contributed by atoms with Crippen molar-refractivity contribution >= 4 is 5.91 Å². The number of methoxy groups -OCH3 is 1. The first kappa shape index (κ1) is 15.3. The quantitative estimate of drug-likeness (QED) is 0.942. The Bertz CT molecular complexity index is 688. The maximum atomic E-state index is 12.5. The number of pyridine rings is 1. The van der Waals surface area contributed by atoms with Crippen molar-refractivity contribution in [2.45, 2.75) is 19.4 Å². The number of carbonyl (C=O) groups excluding carboxylic acids is 1. The minimum Gasteiger partial charge on any atom is -0.497 e. The number of fused-ring (bicyclic) bond motifs is 1. The SMILES string of the molecule is COc1ccc2c(c1)OC[C@H](C(=O)N[C@H](C)c1ccncc1)C2. The summed E-state index contributed by atoms with van der Waals surface area (Å²) in [5.74, 6) is 1.39. The number of nitrogens with one attached hydrogen (secondary N) is 1. The second-order valence-corrected chi connectivity index (χ2v) is 5.70. The number of hydrogen-bond donors (Lipinski definition) is 1. The summed E-state index contributed by atoms with van der Waals surface area (Å²) in [6.07, 6.45) is 4.13. The van der Waals surface area contributed by atoms with Gasteiger partial charge in [-0.15, -0.1) is 0 Å². The molecule has 0 unspecified atom stereocenters. The lowest BCUT2D eigenvalue weighted by molar-refractivity contribution is -0.126. The van der Waals surface area contributed by atoms with Gasteiger partial charge >= 0.3 is 0 Å². The highest BCUT2D eigenvalue weighted by Gasteiger charge is 2.27. The number of aromatic nitrogens is 1. The standard InChI is InChI=1S/C18H20N2O3/c1-12(13-5-7-19-8-6-13)20-18(21)15-9-14-3-4-16(22-2)10-17(14)23-11-15/h3-8,10,12,15H,9,11H2,1-2H3,(H,20,21)/t12-,15-/m1/s1. The lowest BCUT2D eigenvalue weighted by Crippen LogP contribution is -2.38. The molecule has 23 heavy (non-hydrogen) atoms. The van der Waals surface area contributed by atoms with Crippen LogP contribution in [0.2, 0.25) is 0 Å². The Hall–Kier alpha value is -2.56. The Labute approximate surface area is 135 Å². The Morgan fingerprint density at radius 3 is 2.87 bits per heavy atom. The van der Waals surface area contributed by atoms with Crippen molar-refractivity contribution in [1.29, 1.82) is 0 Å². The van der Waals surface area contributed by atoms with Crippen LogP contribution in [0.3, 0.4) is 0 Å². The highest BCUT2D eigenvalue weighted by Crippen LogP contribution is 2.31. The fraction of sp³-hybridized carbons (Fsp3) is 0.333. The van der Waals surface area contributed by atoms with Crippen LogP contribution in [-0.4, -0.2) is 24.6 Å². The second-order valence-electron chi connectivity index (χ2n) is 5.70. The third kappa shape index (κ3) is 3.44. The molecule has 2 aromatic rings. The van der Waals surface area contributed by atoms with Crippen molar-refractivity contribution in [2.75, 3.05) is 13.7 Å². The molecule has 1 aromatic carbocycles. The molecule has 0 saturated heterocycles. The topological polar surface area (TPSA) is 60.5 Å². The van der Waals surface area contributed by atoms with Gasteiger partial charge in [-0.05, 0) is 42.7 Å². The highest BCUT2D eigenvalue weighted by atomic mass is 16.5. The van der Waals surface area contributed by atoms with E-state index >= 15 is 0 Å². The zero-order chi connectivity index (χ0) is 16.2. The minimum atomic E-state index is -0.180. The first-order valence-corrected chi connectivity index (χ1v) is 7.67. The molecule has 2 heterocycles. The summed E-state index contributed by atoms with van der Waals surface area (Å²) in [7, 11) is 1.63. The molecule has 1 N–H and O–H groups in total. The van der Waals surface area contributed by atoms with E-state index in [4.69, 9.17) is 9.47 Å². The lowest BCUT2D eigenvalue weighted by Gasteiger charge is -2.26. The Morgan fingerprint density at radius 2 is 2.13 bits per heavy atom. The summed E-state index contributed by atoms with van der Waals surface area (Å²) < 4.78 is 10.9. The molecule has 120 valence electrons. The molecule has 1 aliphatic rings. The van der Waals surface area contributed by atoms with E-state index in [0.29, 0.717) is 13.0 Å². The zero-order valence-electron chi connectivity index (χ0n) is 13.3. The van der Waals surface area contributed by atoms with Crippen LogP contribution in [0.4, 0.5) is 0 Å². The number of rotatable bonds is 4. The first-order valence-electron chi connectivity index (χ1n) is 7.67. The monoisotopic (exact) mass is 312 g/mol. The van der Waals surface area contributed by atoms with Crippen LogP contribution >= 0.6 is 0 Å². The van der Waals surface area contributed by atoms with Crippen molar-refractivity contribution in [3.63, 3.8) is 0 Å². The molecule has 1 amide bonds. The van der Waals surface area contributed by atoms with E-state index in [1.165, 1.54) is 0 Å². The highest BCUT2D eigenvalue weighted by molar-refractivity contribution is 5.80. The first-order chi connectivity index (χ1) is 11.2. The number of benzene rings is 1. The van der Waals surface area contributed by atoms with Crippen molar-refractivity contribution in [1.82, 2.24) is 10.3 Å². The van der Waals surface area contributed by atoms with Gasteiger partial charge in [-0.25, -0.2) is 0 Å². The van der Waals surface area contributed by atoms with Gasteiger partial charge in [-0.3, -0.25) is 9.78 Å². The van der Waals surface area contributed by atoms with E-state index in [1.54, 1.807) is 19.5 Å². The van der Waals surface area contributed by atoms with Crippen LogP contribution in [0.1, 0.15) is 24.1 Å². The van der Waals surface area contributed by atoms with Gasteiger partial charge in [0.1, 0.15) is 18.1 Å². The maximum Gasteiger partial charge on any atom is 0.227 e. The van der Waals surface area contributed by atoms with Crippen LogP contribution in [0, 0.1) is 5.92 Å². The van der Waals surface area contributed by atoms with E-state index in [2.05, 4.69) is 10.3 Å². The number of carbonyl (C=O) groups is 1. The van der Waals surface area contributed by atoms with E-state index < -0.39 is 0 Å². The third-order valence-corrected chi connectivity index (χ3v) is 4.12. The lowest BCUT2D eigenvalue weighted by atomic mass is 9.95. The Morgan fingerprint density at radius 1 is 1.35 bits per heavy atom. The molecular formula is C18H20N2O3. The van der Waals surface area contributed by atoms with Gasteiger partial charge in [-0.2, -0.15) is 0 Å². The molecule has 5 nitrogen and oxygen atoms in total. The Balaban J connectivity index is 1.65. The summed E-state index contributed by atoms with van der Waals surface area (Å²) >= 11 is 0. The summed E-state index contributed by atoms with van der Waals surface area (Å²) in [5, 5.41) is 3.05. The molecule has 0 saturated carbocycles. The van der Waals surface area contributed by atoms with Crippen LogP contribution in [0.15, 0.2) is 42.7 Å². The van der Waals surface area contributed by atoms with Gasteiger partial charge in [0.05, 0.1) is 19.1 Å². The second kappa shape index (κ2) is 6.69. The van der Waals surface area contributed by atoms with Crippen LogP contribution in [0.25, 0.3) is 0 Å². The van der Waals surface area contributed by atoms with Gasteiger partial charge in [-0.1, -0.05) is 6.07 Å². The average molecular weight is 312 g/mol. The molecule has 1 aromatic heterocycles. The zero-order valence-corrected chi connectivity index (χ0v) is 13.3. The van der Waals surface area contributed by atoms with Gasteiger partial charge in [0.15, 0.2) is 0 Å². The van der Waals surface area contributed by atoms with Gasteiger partial charge in [0.25, 0.3) is 0 Å². The third-order valence-electron chi connectivity index (χ3n) is 4.12. The summed E-state index contributed by atoms with van der Waals surface area (Å²) in [6, 6.07) is 9.47. The number of hydrogen-bond acceptors (Lipinski definition) is 4. The average Bonchev–Trinajstić information content (AvgIpc) is 2.61.